The summed E-state index contributed by atoms with van der Waals surface area (Å²) in [7, 11) is 0. The Labute approximate surface area is 139 Å². The first-order valence-corrected chi connectivity index (χ1v) is 8.77. The molecule has 0 radical (unpaired) electrons. The molecule has 0 aromatic carbocycles. The van der Waals surface area contributed by atoms with E-state index in [0.29, 0.717) is 13.0 Å². The van der Waals surface area contributed by atoms with E-state index in [1.165, 1.54) is 0 Å². The monoisotopic (exact) mass is 325 g/mol. The smallest absolute Gasteiger partial charge is 0.234 e. The molecule has 2 aliphatic heterocycles. The Balaban J connectivity index is 1.61. The molecule has 0 aliphatic carbocycles. The van der Waals surface area contributed by atoms with Crippen molar-refractivity contribution >= 4 is 11.8 Å². The van der Waals surface area contributed by atoms with Crippen LogP contribution in [0.25, 0.3) is 0 Å². The van der Waals surface area contributed by atoms with Gasteiger partial charge in [-0.25, -0.2) is 0 Å². The van der Waals surface area contributed by atoms with E-state index < -0.39 is 0 Å². The quantitative estimate of drug-likeness (QED) is 0.652. The number of nitrogens with zero attached hydrogens (tertiary/aromatic N) is 3. The van der Waals surface area contributed by atoms with Crippen LogP contribution in [0.4, 0.5) is 0 Å². The summed E-state index contributed by atoms with van der Waals surface area (Å²) in [6.45, 7) is 12.4. The van der Waals surface area contributed by atoms with Crippen molar-refractivity contribution in [2.45, 2.75) is 26.3 Å². The van der Waals surface area contributed by atoms with Crippen LogP contribution in [0.5, 0.6) is 0 Å². The summed E-state index contributed by atoms with van der Waals surface area (Å²) in [6.07, 6.45) is 0.605. The van der Waals surface area contributed by atoms with Crippen LogP contribution in [0.15, 0.2) is 0 Å². The van der Waals surface area contributed by atoms with Crippen LogP contribution in [0.1, 0.15) is 20.3 Å². The fraction of sp³-hybridized carbons (Fsp3) is 0.875. The van der Waals surface area contributed by atoms with Crippen molar-refractivity contribution in [3.63, 3.8) is 0 Å². The molecule has 2 fully saturated rings. The zero-order chi connectivity index (χ0) is 16.7. The number of hydrogen-bond donors (Lipinski definition) is 2. The number of carbonyl (C=O) groups excluding carboxylic acids is 2. The first-order chi connectivity index (χ1) is 11.0. The molecule has 2 aliphatic rings. The van der Waals surface area contributed by atoms with Crippen molar-refractivity contribution in [2.24, 2.45) is 0 Å². The number of carbonyl (C=O) groups is 2. The fourth-order valence-electron chi connectivity index (χ4n) is 3.07. The second-order valence-electron chi connectivity index (χ2n) is 6.72. The number of piperazine rings is 2. The maximum atomic E-state index is 12.2. The Morgan fingerprint density at radius 2 is 1.61 bits per heavy atom. The van der Waals surface area contributed by atoms with Crippen molar-refractivity contribution in [2.75, 3.05) is 65.4 Å². The highest BCUT2D eigenvalue weighted by Gasteiger charge is 2.21. The summed E-state index contributed by atoms with van der Waals surface area (Å²) in [6, 6.07) is 0.194. The van der Waals surface area contributed by atoms with Gasteiger partial charge in [0.1, 0.15) is 0 Å². The van der Waals surface area contributed by atoms with E-state index in [-0.39, 0.29) is 17.9 Å². The standard InChI is InChI=1S/C16H31N5O2/c1-14(2)18-15(22)13-20-11-9-19(10-12-20)6-3-16(23)21-7-4-17-5-8-21/h14,17H,3-13H2,1-2H3,(H,18,22). The van der Waals surface area contributed by atoms with Crippen LogP contribution in [-0.2, 0) is 9.59 Å². The normalized spacial score (nSPS) is 20.7. The van der Waals surface area contributed by atoms with Gasteiger partial charge in [0.2, 0.25) is 11.8 Å². The van der Waals surface area contributed by atoms with Crippen LogP contribution in [0.2, 0.25) is 0 Å². The van der Waals surface area contributed by atoms with E-state index in [9.17, 15) is 9.59 Å². The van der Waals surface area contributed by atoms with E-state index in [4.69, 9.17) is 0 Å². The molecule has 0 bridgehead atoms. The Bertz CT molecular complexity index is 388. The van der Waals surface area contributed by atoms with Crippen LogP contribution in [0, 0.1) is 0 Å². The lowest BCUT2D eigenvalue weighted by atomic mass is 10.2. The molecule has 2 saturated heterocycles. The molecule has 2 heterocycles. The highest BCUT2D eigenvalue weighted by atomic mass is 16.2. The summed E-state index contributed by atoms with van der Waals surface area (Å²) in [5.74, 6) is 0.368. The number of rotatable bonds is 6. The summed E-state index contributed by atoms with van der Waals surface area (Å²) < 4.78 is 0. The predicted molar refractivity (Wildman–Crippen MR) is 90.2 cm³/mol. The van der Waals surface area contributed by atoms with E-state index in [2.05, 4.69) is 20.4 Å². The third-order valence-corrected chi connectivity index (χ3v) is 4.39. The number of amides is 2. The van der Waals surface area contributed by atoms with Gasteiger partial charge in [-0.2, -0.15) is 0 Å². The second kappa shape index (κ2) is 9.20. The minimum atomic E-state index is 0.0994. The van der Waals surface area contributed by atoms with Gasteiger partial charge in [0.25, 0.3) is 0 Å². The Morgan fingerprint density at radius 3 is 2.22 bits per heavy atom. The van der Waals surface area contributed by atoms with Gasteiger partial charge < -0.3 is 20.4 Å². The minimum Gasteiger partial charge on any atom is -0.353 e. The van der Waals surface area contributed by atoms with Gasteiger partial charge in [0.15, 0.2) is 0 Å². The molecule has 0 atom stereocenters. The summed E-state index contributed by atoms with van der Waals surface area (Å²) in [5, 5.41) is 6.19. The molecule has 2 rings (SSSR count). The molecule has 2 amide bonds. The third-order valence-electron chi connectivity index (χ3n) is 4.39. The number of nitrogens with one attached hydrogen (secondary N) is 2. The van der Waals surface area contributed by atoms with Crippen molar-refractivity contribution in [3.05, 3.63) is 0 Å². The average Bonchev–Trinajstić information content (AvgIpc) is 2.54. The Kier molecular flexibility index (Phi) is 7.26. The fourth-order valence-corrected chi connectivity index (χ4v) is 3.07. The highest BCUT2D eigenvalue weighted by molar-refractivity contribution is 5.78. The van der Waals surface area contributed by atoms with Gasteiger partial charge in [-0.3, -0.25) is 14.5 Å². The maximum Gasteiger partial charge on any atom is 0.234 e. The molecule has 132 valence electrons. The van der Waals surface area contributed by atoms with Crippen LogP contribution in [-0.4, -0.2) is 98.0 Å². The first-order valence-electron chi connectivity index (χ1n) is 8.77. The van der Waals surface area contributed by atoms with E-state index >= 15 is 0 Å². The predicted octanol–water partition coefficient (Wildman–Crippen LogP) is -1.05. The zero-order valence-electron chi connectivity index (χ0n) is 14.5. The van der Waals surface area contributed by atoms with Crippen LogP contribution < -0.4 is 10.6 Å². The average molecular weight is 325 g/mol. The lowest BCUT2D eigenvalue weighted by Crippen LogP contribution is -2.51. The SMILES string of the molecule is CC(C)NC(=O)CN1CCN(CCC(=O)N2CCNCC2)CC1. The molecule has 0 aromatic rings. The van der Waals surface area contributed by atoms with Crippen LogP contribution in [0.3, 0.4) is 0 Å². The molecule has 7 nitrogen and oxygen atoms in total. The van der Waals surface area contributed by atoms with Gasteiger partial charge in [0, 0.05) is 71.4 Å². The Morgan fingerprint density at radius 1 is 1.00 bits per heavy atom. The van der Waals surface area contributed by atoms with Crippen molar-refractivity contribution < 1.29 is 9.59 Å². The van der Waals surface area contributed by atoms with E-state index in [0.717, 1.165) is 58.9 Å². The summed E-state index contributed by atoms with van der Waals surface area (Å²) in [4.78, 5) is 30.4. The minimum absolute atomic E-state index is 0.0994. The molecular formula is C16H31N5O2. The van der Waals surface area contributed by atoms with Crippen molar-refractivity contribution in [1.29, 1.82) is 0 Å². The largest absolute Gasteiger partial charge is 0.353 e. The van der Waals surface area contributed by atoms with E-state index in [1.807, 2.05) is 18.7 Å². The second-order valence-corrected chi connectivity index (χ2v) is 6.72. The zero-order valence-corrected chi connectivity index (χ0v) is 14.5. The number of hydrogen-bond acceptors (Lipinski definition) is 5. The molecule has 0 spiro atoms. The first kappa shape index (κ1) is 18.2. The molecule has 2 N–H and O–H groups in total. The maximum absolute atomic E-state index is 12.2. The Hall–Kier alpha value is -1.18. The van der Waals surface area contributed by atoms with E-state index in [1.54, 1.807) is 0 Å². The van der Waals surface area contributed by atoms with Crippen LogP contribution >= 0.6 is 0 Å². The highest BCUT2D eigenvalue weighted by Crippen LogP contribution is 2.04. The topological polar surface area (TPSA) is 67.9 Å². The van der Waals surface area contributed by atoms with Gasteiger partial charge >= 0.3 is 0 Å². The molecule has 0 aromatic heterocycles. The summed E-state index contributed by atoms with van der Waals surface area (Å²) in [5.41, 5.74) is 0. The molecule has 7 heteroatoms. The molecular weight excluding hydrogens is 294 g/mol. The lowest BCUT2D eigenvalue weighted by molar-refractivity contribution is -0.132. The molecule has 0 saturated carbocycles. The van der Waals surface area contributed by atoms with Gasteiger partial charge in [-0.15, -0.1) is 0 Å². The van der Waals surface area contributed by atoms with Gasteiger partial charge in [-0.05, 0) is 13.8 Å². The van der Waals surface area contributed by atoms with Gasteiger partial charge in [0.05, 0.1) is 6.54 Å². The van der Waals surface area contributed by atoms with Crippen molar-refractivity contribution in [1.82, 2.24) is 25.3 Å². The third kappa shape index (κ3) is 6.45. The summed E-state index contributed by atoms with van der Waals surface area (Å²) >= 11 is 0. The van der Waals surface area contributed by atoms with Gasteiger partial charge in [-0.1, -0.05) is 0 Å². The molecule has 23 heavy (non-hydrogen) atoms. The lowest BCUT2D eigenvalue weighted by Gasteiger charge is -2.35. The molecule has 0 unspecified atom stereocenters. The van der Waals surface area contributed by atoms with Crippen molar-refractivity contribution in [3.8, 4) is 0 Å².